The smallest absolute Gasteiger partial charge is 0.243 e. The molecule has 40 heavy (non-hydrogen) atoms. The van der Waals surface area contributed by atoms with Crippen LogP contribution in [-0.2, 0) is 14.3 Å². The normalized spacial score (nSPS) is 20.4. The molecule has 212 valence electrons. The number of halogens is 2. The van der Waals surface area contributed by atoms with Gasteiger partial charge in [-0.25, -0.2) is 15.0 Å². The minimum atomic E-state index is -0.273. The number of methoxy groups -OCH3 is 2. The van der Waals surface area contributed by atoms with Crippen LogP contribution in [0.1, 0.15) is 12.8 Å². The lowest BCUT2D eigenvalue weighted by molar-refractivity contribution is -0.117. The van der Waals surface area contributed by atoms with E-state index in [4.69, 9.17) is 52.1 Å². The predicted molar refractivity (Wildman–Crippen MR) is 154 cm³/mol. The number of aromatic nitrogens is 3. The number of anilines is 2. The molecule has 1 amide bonds. The highest BCUT2D eigenvalue weighted by atomic mass is 35.5. The van der Waals surface area contributed by atoms with Crippen LogP contribution in [0.4, 0.5) is 11.8 Å². The summed E-state index contributed by atoms with van der Waals surface area (Å²) in [5.41, 5.74) is 1.55. The van der Waals surface area contributed by atoms with Crippen molar-refractivity contribution in [3.05, 3.63) is 41.0 Å². The van der Waals surface area contributed by atoms with Crippen LogP contribution < -0.4 is 25.4 Å². The van der Waals surface area contributed by atoms with Gasteiger partial charge in [0.2, 0.25) is 11.9 Å². The van der Waals surface area contributed by atoms with Crippen molar-refractivity contribution in [2.45, 2.75) is 31.0 Å². The Balaban J connectivity index is 1.54. The standard InChI is InChI=1S/C27H30Cl2N6O5/c1-4-21(36)32-17-12-39-13-18(17)34-27-31-10-14-8-16(22-23(28)19(37-2)9-20(38-3)24(22)29)33-26(25(14)35-27)30-11-15-6-5-7-40-15/h4,8-10,15,17-18H,1,5-7,11-13H2,2-3H3,(H,30,33)(H,32,36)(H,31,34,35)/t15-,17+,18-/m1/s1. The van der Waals surface area contributed by atoms with Gasteiger partial charge in [-0.05, 0) is 25.0 Å². The fourth-order valence-electron chi connectivity index (χ4n) is 4.73. The van der Waals surface area contributed by atoms with Gasteiger partial charge >= 0.3 is 0 Å². The van der Waals surface area contributed by atoms with Gasteiger partial charge in [0.1, 0.15) is 17.0 Å². The molecular weight excluding hydrogens is 559 g/mol. The number of hydrogen-bond acceptors (Lipinski definition) is 10. The first kappa shape index (κ1) is 28.2. The van der Waals surface area contributed by atoms with Crippen molar-refractivity contribution in [2.75, 3.05) is 51.2 Å². The summed E-state index contributed by atoms with van der Waals surface area (Å²) in [5.74, 6) is 1.42. The van der Waals surface area contributed by atoms with Gasteiger partial charge in [0.25, 0.3) is 0 Å². The first-order valence-electron chi connectivity index (χ1n) is 12.8. The van der Waals surface area contributed by atoms with Crippen LogP contribution >= 0.6 is 23.2 Å². The Morgan fingerprint density at radius 1 is 1.15 bits per heavy atom. The number of carbonyl (C=O) groups excluding carboxylic acids is 1. The lowest BCUT2D eigenvalue weighted by Crippen LogP contribution is -2.45. The molecule has 0 saturated carbocycles. The van der Waals surface area contributed by atoms with Crippen molar-refractivity contribution in [3.8, 4) is 22.8 Å². The molecule has 2 aliphatic rings. The van der Waals surface area contributed by atoms with Gasteiger partial charge < -0.3 is 34.9 Å². The molecule has 2 fully saturated rings. The molecule has 0 radical (unpaired) electrons. The van der Waals surface area contributed by atoms with Crippen molar-refractivity contribution in [1.29, 1.82) is 0 Å². The van der Waals surface area contributed by atoms with E-state index in [0.29, 0.717) is 75.2 Å². The Morgan fingerprint density at radius 3 is 2.58 bits per heavy atom. The second-order valence-electron chi connectivity index (χ2n) is 9.40. The van der Waals surface area contributed by atoms with Gasteiger partial charge in [0.15, 0.2) is 5.82 Å². The number of fused-ring (bicyclic) bond motifs is 1. The van der Waals surface area contributed by atoms with Gasteiger partial charge in [0.05, 0.1) is 61.4 Å². The summed E-state index contributed by atoms with van der Waals surface area (Å²) < 4.78 is 22.3. The Kier molecular flexibility index (Phi) is 8.75. The van der Waals surface area contributed by atoms with Crippen molar-refractivity contribution < 1.29 is 23.7 Å². The summed E-state index contributed by atoms with van der Waals surface area (Å²) in [6.07, 6.45) is 4.95. The summed E-state index contributed by atoms with van der Waals surface area (Å²) in [6, 6.07) is 2.96. The van der Waals surface area contributed by atoms with Gasteiger partial charge in [-0.3, -0.25) is 4.79 Å². The van der Waals surface area contributed by atoms with E-state index in [1.807, 2.05) is 6.07 Å². The van der Waals surface area contributed by atoms with Gasteiger partial charge in [-0.1, -0.05) is 29.8 Å². The third kappa shape index (κ3) is 5.87. The summed E-state index contributed by atoms with van der Waals surface area (Å²) in [5, 5.41) is 10.9. The van der Waals surface area contributed by atoms with E-state index >= 15 is 0 Å². The SMILES string of the molecule is C=CC(=O)N[C@H]1COC[C@H]1Nc1ncc2cc(-c3c(Cl)c(OC)cc(OC)c3Cl)nc(NC[C@H]3CCCO3)c2n1. The van der Waals surface area contributed by atoms with Crippen LogP contribution in [0.2, 0.25) is 10.0 Å². The summed E-state index contributed by atoms with van der Waals surface area (Å²) in [4.78, 5) is 26.0. The highest BCUT2D eigenvalue weighted by Crippen LogP contribution is 2.46. The lowest BCUT2D eigenvalue weighted by Gasteiger charge is -2.20. The number of rotatable bonds is 10. The number of ether oxygens (including phenoxy) is 4. The molecule has 13 heteroatoms. The molecular formula is C27H30Cl2N6O5. The van der Waals surface area contributed by atoms with E-state index < -0.39 is 0 Å². The molecule has 3 atom stereocenters. The predicted octanol–water partition coefficient (Wildman–Crippen LogP) is 4.09. The van der Waals surface area contributed by atoms with Gasteiger partial charge in [0, 0.05) is 36.4 Å². The molecule has 0 aliphatic carbocycles. The summed E-state index contributed by atoms with van der Waals surface area (Å²) >= 11 is 13.4. The minimum absolute atomic E-state index is 0.0638. The quantitative estimate of drug-likeness (QED) is 0.298. The van der Waals surface area contributed by atoms with Crippen LogP contribution in [0, 0.1) is 0 Å². The zero-order valence-electron chi connectivity index (χ0n) is 22.1. The van der Waals surface area contributed by atoms with Gasteiger partial charge in [-0.2, -0.15) is 0 Å². The average Bonchev–Trinajstić information content (AvgIpc) is 3.64. The number of nitrogens with one attached hydrogen (secondary N) is 3. The molecule has 0 bridgehead atoms. The average molecular weight is 589 g/mol. The Labute approximate surface area is 241 Å². The molecule has 0 unspecified atom stereocenters. The maximum absolute atomic E-state index is 11.8. The first-order chi connectivity index (χ1) is 19.4. The number of hydrogen-bond donors (Lipinski definition) is 3. The van der Waals surface area contributed by atoms with Crippen LogP contribution in [0.15, 0.2) is 31.0 Å². The highest BCUT2D eigenvalue weighted by molar-refractivity contribution is 6.41. The lowest BCUT2D eigenvalue weighted by atomic mass is 10.1. The topological polar surface area (TPSA) is 129 Å². The Bertz CT molecular complexity index is 1390. The highest BCUT2D eigenvalue weighted by Gasteiger charge is 2.30. The van der Waals surface area contributed by atoms with E-state index in [1.54, 1.807) is 12.3 Å². The molecule has 4 heterocycles. The van der Waals surface area contributed by atoms with Crippen LogP contribution in [0.3, 0.4) is 0 Å². The minimum Gasteiger partial charge on any atom is -0.495 e. The zero-order valence-corrected chi connectivity index (χ0v) is 23.6. The van der Waals surface area contributed by atoms with Crippen molar-refractivity contribution in [1.82, 2.24) is 20.3 Å². The Hall–Kier alpha value is -3.38. The zero-order chi connectivity index (χ0) is 28.2. The molecule has 11 nitrogen and oxygen atoms in total. The number of benzene rings is 1. The van der Waals surface area contributed by atoms with Crippen molar-refractivity contribution >= 4 is 51.8 Å². The van der Waals surface area contributed by atoms with E-state index in [9.17, 15) is 4.79 Å². The van der Waals surface area contributed by atoms with Crippen LogP contribution in [0.25, 0.3) is 22.2 Å². The fraction of sp³-hybridized carbons (Fsp3) is 0.407. The summed E-state index contributed by atoms with van der Waals surface area (Å²) in [6.45, 7) is 5.55. The van der Waals surface area contributed by atoms with E-state index in [0.717, 1.165) is 19.4 Å². The molecule has 5 rings (SSSR count). The van der Waals surface area contributed by atoms with Crippen LogP contribution in [-0.4, -0.2) is 79.6 Å². The maximum atomic E-state index is 11.8. The second-order valence-corrected chi connectivity index (χ2v) is 10.2. The van der Waals surface area contributed by atoms with E-state index in [1.165, 1.54) is 20.3 Å². The van der Waals surface area contributed by atoms with Crippen molar-refractivity contribution in [3.63, 3.8) is 0 Å². The molecule has 0 spiro atoms. The number of nitrogens with zero attached hydrogens (tertiary/aromatic N) is 3. The maximum Gasteiger partial charge on any atom is 0.243 e. The molecule has 1 aromatic carbocycles. The number of amides is 1. The molecule has 2 aromatic heterocycles. The molecule has 3 N–H and O–H groups in total. The van der Waals surface area contributed by atoms with Gasteiger partial charge in [-0.15, -0.1) is 0 Å². The molecule has 2 aliphatic heterocycles. The molecule has 2 saturated heterocycles. The Morgan fingerprint density at radius 2 is 1.90 bits per heavy atom. The summed E-state index contributed by atoms with van der Waals surface area (Å²) in [7, 11) is 3.04. The third-order valence-corrected chi connectivity index (χ3v) is 7.58. The monoisotopic (exact) mass is 588 g/mol. The fourth-order valence-corrected chi connectivity index (χ4v) is 5.43. The van der Waals surface area contributed by atoms with E-state index in [-0.39, 0.29) is 24.1 Å². The number of pyridine rings is 1. The van der Waals surface area contributed by atoms with E-state index in [2.05, 4.69) is 27.5 Å². The van der Waals surface area contributed by atoms with Crippen molar-refractivity contribution in [2.24, 2.45) is 0 Å². The molecule has 3 aromatic rings. The first-order valence-corrected chi connectivity index (χ1v) is 13.6. The van der Waals surface area contributed by atoms with Crippen LogP contribution in [0.5, 0.6) is 11.5 Å². The second kappa shape index (κ2) is 12.4. The largest absolute Gasteiger partial charge is 0.495 e. The third-order valence-electron chi connectivity index (χ3n) is 6.82. The number of carbonyl (C=O) groups is 1.